The molecule has 0 unspecified atom stereocenters. The van der Waals surface area contributed by atoms with Gasteiger partial charge >= 0.3 is 6.03 Å². The number of carbonyl (C=O) groups is 1. The van der Waals surface area contributed by atoms with Gasteiger partial charge in [0.1, 0.15) is 0 Å². The van der Waals surface area contributed by atoms with Crippen LogP contribution in [0.2, 0.25) is 0 Å². The second-order valence-electron chi connectivity index (χ2n) is 6.67. The minimum Gasteiger partial charge on any atom is -0.338 e. The number of hydrogen-bond donors (Lipinski definition) is 1. The lowest BCUT2D eigenvalue weighted by atomic mass is 10.1. The SMILES string of the molecule is Cc1ccc(S(=O)(=O)N2CCN(C(=O)NCCc3ccccc3)CC2)cc1. The Bertz CT molecular complexity index is 859. The lowest BCUT2D eigenvalue weighted by Crippen LogP contribution is -2.53. The molecule has 0 radical (unpaired) electrons. The molecular formula is C20H25N3O3S. The van der Waals surface area contributed by atoms with Crippen molar-refractivity contribution >= 4 is 16.1 Å². The van der Waals surface area contributed by atoms with Gasteiger partial charge in [0.25, 0.3) is 0 Å². The Hall–Kier alpha value is -2.38. The van der Waals surface area contributed by atoms with Crippen LogP contribution in [-0.4, -0.2) is 56.4 Å². The van der Waals surface area contributed by atoms with Crippen molar-refractivity contribution in [1.82, 2.24) is 14.5 Å². The number of hydrogen-bond acceptors (Lipinski definition) is 3. The number of nitrogens with one attached hydrogen (secondary N) is 1. The Labute approximate surface area is 160 Å². The smallest absolute Gasteiger partial charge is 0.317 e. The highest BCUT2D eigenvalue weighted by molar-refractivity contribution is 7.89. The first-order valence-corrected chi connectivity index (χ1v) is 10.5. The first-order chi connectivity index (χ1) is 13.0. The van der Waals surface area contributed by atoms with Crippen LogP contribution in [0.25, 0.3) is 0 Å². The Morgan fingerprint density at radius 3 is 2.22 bits per heavy atom. The van der Waals surface area contributed by atoms with E-state index < -0.39 is 10.0 Å². The number of carbonyl (C=O) groups excluding carboxylic acids is 1. The maximum atomic E-state index is 12.7. The summed E-state index contributed by atoms with van der Waals surface area (Å²) in [4.78, 5) is 14.3. The van der Waals surface area contributed by atoms with Gasteiger partial charge in [-0.05, 0) is 31.0 Å². The standard InChI is InChI=1S/C20H25N3O3S/c1-17-7-9-19(10-8-17)27(25,26)23-15-13-22(14-16-23)20(24)21-12-11-18-5-3-2-4-6-18/h2-10H,11-16H2,1H3,(H,21,24). The second-order valence-corrected chi connectivity index (χ2v) is 8.61. The average molecular weight is 388 g/mol. The maximum absolute atomic E-state index is 12.7. The normalized spacial score (nSPS) is 15.5. The zero-order chi connectivity index (χ0) is 19.3. The van der Waals surface area contributed by atoms with Gasteiger partial charge in [-0.1, -0.05) is 48.0 Å². The zero-order valence-electron chi connectivity index (χ0n) is 15.5. The number of nitrogens with zero attached hydrogens (tertiary/aromatic N) is 2. The van der Waals surface area contributed by atoms with Crippen LogP contribution in [0.15, 0.2) is 59.5 Å². The molecule has 0 aliphatic carbocycles. The van der Waals surface area contributed by atoms with Gasteiger partial charge in [0, 0.05) is 32.7 Å². The molecule has 1 heterocycles. The van der Waals surface area contributed by atoms with E-state index in [1.54, 1.807) is 29.2 Å². The zero-order valence-corrected chi connectivity index (χ0v) is 16.3. The van der Waals surface area contributed by atoms with E-state index in [2.05, 4.69) is 5.32 Å². The van der Waals surface area contributed by atoms with E-state index in [0.717, 1.165) is 12.0 Å². The summed E-state index contributed by atoms with van der Waals surface area (Å²) in [7, 11) is -3.51. The number of amides is 2. The van der Waals surface area contributed by atoms with Crippen molar-refractivity contribution in [2.24, 2.45) is 0 Å². The largest absolute Gasteiger partial charge is 0.338 e. The molecule has 144 valence electrons. The third-order valence-electron chi connectivity index (χ3n) is 4.72. The Kier molecular flexibility index (Phi) is 6.13. The van der Waals surface area contributed by atoms with E-state index in [-0.39, 0.29) is 6.03 Å². The predicted octanol–water partition coefficient (Wildman–Crippen LogP) is 2.25. The quantitative estimate of drug-likeness (QED) is 0.856. The fraction of sp³-hybridized carbons (Fsp3) is 0.350. The van der Waals surface area contributed by atoms with Crippen molar-refractivity contribution in [1.29, 1.82) is 0 Å². The lowest BCUT2D eigenvalue weighted by Gasteiger charge is -2.34. The Morgan fingerprint density at radius 2 is 1.59 bits per heavy atom. The predicted molar refractivity (Wildman–Crippen MR) is 105 cm³/mol. The van der Waals surface area contributed by atoms with Crippen molar-refractivity contribution in [3.8, 4) is 0 Å². The van der Waals surface area contributed by atoms with E-state index in [0.29, 0.717) is 37.6 Å². The highest BCUT2D eigenvalue weighted by Crippen LogP contribution is 2.18. The van der Waals surface area contributed by atoms with E-state index >= 15 is 0 Å². The van der Waals surface area contributed by atoms with Crippen LogP contribution >= 0.6 is 0 Å². The summed E-state index contributed by atoms with van der Waals surface area (Å²) in [6, 6.07) is 16.7. The van der Waals surface area contributed by atoms with Gasteiger partial charge in [-0.25, -0.2) is 13.2 Å². The van der Waals surface area contributed by atoms with Crippen molar-refractivity contribution in [3.05, 3.63) is 65.7 Å². The molecule has 2 aromatic carbocycles. The molecule has 0 atom stereocenters. The minimum atomic E-state index is -3.51. The molecule has 1 N–H and O–H groups in total. The van der Waals surface area contributed by atoms with Gasteiger partial charge in [-0.2, -0.15) is 4.31 Å². The summed E-state index contributed by atoms with van der Waals surface area (Å²) >= 11 is 0. The second kappa shape index (κ2) is 8.54. The summed E-state index contributed by atoms with van der Waals surface area (Å²) in [5.74, 6) is 0. The van der Waals surface area contributed by atoms with Crippen LogP contribution < -0.4 is 5.32 Å². The lowest BCUT2D eigenvalue weighted by molar-refractivity contribution is 0.172. The van der Waals surface area contributed by atoms with Crippen LogP contribution in [0.4, 0.5) is 4.79 Å². The first kappa shape index (κ1) is 19.4. The maximum Gasteiger partial charge on any atom is 0.317 e. The van der Waals surface area contributed by atoms with Gasteiger partial charge in [-0.15, -0.1) is 0 Å². The van der Waals surface area contributed by atoms with Gasteiger partial charge in [0.15, 0.2) is 0 Å². The van der Waals surface area contributed by atoms with Gasteiger partial charge < -0.3 is 10.2 Å². The molecule has 2 aromatic rings. The number of rotatable bonds is 5. The average Bonchev–Trinajstić information content (AvgIpc) is 2.69. The molecule has 0 saturated carbocycles. The van der Waals surface area contributed by atoms with E-state index in [9.17, 15) is 13.2 Å². The highest BCUT2D eigenvalue weighted by atomic mass is 32.2. The van der Waals surface area contributed by atoms with Crippen LogP contribution in [0.3, 0.4) is 0 Å². The molecule has 3 rings (SSSR count). The summed E-state index contributed by atoms with van der Waals surface area (Å²) in [5, 5.41) is 2.91. The number of aryl methyl sites for hydroxylation is 1. The number of benzene rings is 2. The summed E-state index contributed by atoms with van der Waals surface area (Å²) in [6.45, 7) is 3.88. The molecule has 0 aromatic heterocycles. The number of piperazine rings is 1. The fourth-order valence-corrected chi connectivity index (χ4v) is 4.48. The van der Waals surface area contributed by atoms with Crippen molar-refractivity contribution < 1.29 is 13.2 Å². The monoisotopic (exact) mass is 387 g/mol. The number of urea groups is 1. The molecule has 7 heteroatoms. The van der Waals surface area contributed by atoms with Crippen molar-refractivity contribution in [2.45, 2.75) is 18.2 Å². The highest BCUT2D eigenvalue weighted by Gasteiger charge is 2.29. The molecular weight excluding hydrogens is 362 g/mol. The minimum absolute atomic E-state index is 0.140. The van der Waals surface area contributed by atoms with Gasteiger partial charge in [0.2, 0.25) is 10.0 Å². The number of sulfonamides is 1. The Morgan fingerprint density at radius 1 is 0.963 bits per heavy atom. The topological polar surface area (TPSA) is 69.7 Å². The molecule has 0 spiro atoms. The van der Waals surface area contributed by atoms with Crippen LogP contribution in [0, 0.1) is 6.92 Å². The van der Waals surface area contributed by atoms with E-state index in [1.165, 1.54) is 9.87 Å². The fourth-order valence-electron chi connectivity index (χ4n) is 3.06. The van der Waals surface area contributed by atoms with E-state index in [4.69, 9.17) is 0 Å². The third-order valence-corrected chi connectivity index (χ3v) is 6.63. The third kappa shape index (κ3) is 4.87. The van der Waals surface area contributed by atoms with Crippen LogP contribution in [-0.2, 0) is 16.4 Å². The summed E-state index contributed by atoms with van der Waals surface area (Å²) in [5.41, 5.74) is 2.19. The molecule has 1 fully saturated rings. The molecule has 0 bridgehead atoms. The van der Waals surface area contributed by atoms with Crippen molar-refractivity contribution in [2.75, 3.05) is 32.7 Å². The molecule has 6 nitrogen and oxygen atoms in total. The summed E-state index contributed by atoms with van der Waals surface area (Å²) in [6.07, 6.45) is 0.772. The molecule has 1 saturated heterocycles. The summed E-state index contributed by atoms with van der Waals surface area (Å²) < 4.78 is 26.9. The first-order valence-electron chi connectivity index (χ1n) is 9.10. The molecule has 2 amide bonds. The van der Waals surface area contributed by atoms with Gasteiger partial charge in [0.05, 0.1) is 4.90 Å². The Balaban J connectivity index is 1.49. The van der Waals surface area contributed by atoms with Crippen LogP contribution in [0.1, 0.15) is 11.1 Å². The molecule has 1 aliphatic heterocycles. The van der Waals surface area contributed by atoms with Crippen LogP contribution in [0.5, 0.6) is 0 Å². The van der Waals surface area contributed by atoms with E-state index in [1.807, 2.05) is 37.3 Å². The molecule has 1 aliphatic rings. The molecule has 27 heavy (non-hydrogen) atoms. The van der Waals surface area contributed by atoms with Crippen molar-refractivity contribution in [3.63, 3.8) is 0 Å². The van der Waals surface area contributed by atoms with Gasteiger partial charge in [-0.3, -0.25) is 0 Å².